The molecule has 0 saturated carbocycles. The summed E-state index contributed by atoms with van der Waals surface area (Å²) in [5.74, 6) is 0.402. The molecule has 0 atom stereocenters. The van der Waals surface area contributed by atoms with E-state index in [-0.39, 0.29) is 11.7 Å². The summed E-state index contributed by atoms with van der Waals surface area (Å²) >= 11 is 3.57. The Morgan fingerprint density at radius 1 is 1.12 bits per heavy atom. The second-order valence-corrected chi connectivity index (χ2v) is 9.67. The average molecular weight is 572 g/mol. The number of carbonyl (C=O) groups is 1. The first-order valence-corrected chi connectivity index (χ1v) is 12.4. The summed E-state index contributed by atoms with van der Waals surface area (Å²) < 4.78 is 20.2. The van der Waals surface area contributed by atoms with Gasteiger partial charge in [-0.05, 0) is 102 Å². The minimum Gasteiger partial charge on any atom is -0.488 e. The van der Waals surface area contributed by atoms with Crippen molar-refractivity contribution in [2.24, 2.45) is 4.99 Å². The minimum absolute atomic E-state index is 0.0851. The molecule has 0 radical (unpaired) electrons. The molecule has 0 aliphatic carbocycles. The molecule has 3 aromatic carbocycles. The van der Waals surface area contributed by atoms with E-state index in [4.69, 9.17) is 4.74 Å². The standard InChI is InChI=1S/C26H22FIN2O2S/c1-3-30-25(31)24(33-26(30)29-21-10-8-20(27)9-11-21)15-18-7-12-23(22(28)14-18)32-16-19-6-4-5-17(2)13-19/h4-15H,3,16H2,1-2H3/b24-15+,29-26?. The first-order chi connectivity index (χ1) is 15.9. The maximum atomic E-state index is 13.2. The van der Waals surface area contributed by atoms with Crippen LogP contribution in [0.25, 0.3) is 6.08 Å². The van der Waals surface area contributed by atoms with Crippen molar-refractivity contribution in [1.82, 2.24) is 4.90 Å². The zero-order valence-corrected chi connectivity index (χ0v) is 21.2. The monoisotopic (exact) mass is 572 g/mol. The molecule has 1 heterocycles. The fraction of sp³-hybridized carbons (Fsp3) is 0.154. The lowest BCUT2D eigenvalue weighted by atomic mass is 10.1. The Balaban J connectivity index is 1.51. The van der Waals surface area contributed by atoms with Gasteiger partial charge in [-0.2, -0.15) is 0 Å². The lowest BCUT2D eigenvalue weighted by Gasteiger charge is -2.12. The Bertz CT molecular complexity index is 1240. The molecule has 1 amide bonds. The van der Waals surface area contributed by atoms with Crippen molar-refractivity contribution in [2.45, 2.75) is 20.5 Å². The fourth-order valence-corrected chi connectivity index (χ4v) is 5.09. The second kappa shape index (κ2) is 10.5. The number of aliphatic imine (C=N–C) groups is 1. The third-order valence-electron chi connectivity index (χ3n) is 4.99. The van der Waals surface area contributed by atoms with Gasteiger partial charge in [0.15, 0.2) is 5.17 Å². The number of aryl methyl sites for hydroxylation is 1. The number of carbonyl (C=O) groups excluding carboxylic acids is 1. The average Bonchev–Trinajstić information content (AvgIpc) is 3.08. The number of likely N-dealkylation sites (N-methyl/N-ethyl adjacent to an activating group) is 1. The Morgan fingerprint density at radius 2 is 1.91 bits per heavy atom. The van der Waals surface area contributed by atoms with E-state index >= 15 is 0 Å². The van der Waals surface area contributed by atoms with Crippen molar-refractivity contribution in [3.8, 4) is 5.75 Å². The molecule has 1 fully saturated rings. The number of benzene rings is 3. The van der Waals surface area contributed by atoms with Gasteiger partial charge in [-0.3, -0.25) is 9.69 Å². The number of halogens is 2. The summed E-state index contributed by atoms with van der Waals surface area (Å²) in [6.45, 7) is 4.98. The Hall–Kier alpha value is -2.65. The first kappa shape index (κ1) is 23.5. The van der Waals surface area contributed by atoms with Crippen molar-refractivity contribution >= 4 is 57.2 Å². The molecule has 0 aromatic heterocycles. The molecule has 0 unspecified atom stereocenters. The van der Waals surface area contributed by atoms with Crippen LogP contribution in [0.4, 0.5) is 10.1 Å². The summed E-state index contributed by atoms with van der Waals surface area (Å²) in [4.78, 5) is 19.7. The highest BCUT2D eigenvalue weighted by Gasteiger charge is 2.32. The van der Waals surface area contributed by atoms with Crippen LogP contribution >= 0.6 is 34.4 Å². The van der Waals surface area contributed by atoms with Gasteiger partial charge in [-0.1, -0.05) is 35.9 Å². The number of rotatable bonds is 6. The molecule has 1 aliphatic rings. The van der Waals surface area contributed by atoms with Crippen LogP contribution in [0.3, 0.4) is 0 Å². The number of amides is 1. The Morgan fingerprint density at radius 3 is 2.61 bits per heavy atom. The van der Waals surface area contributed by atoms with Gasteiger partial charge in [-0.15, -0.1) is 0 Å². The van der Waals surface area contributed by atoms with Gasteiger partial charge in [0.2, 0.25) is 0 Å². The quantitative estimate of drug-likeness (QED) is 0.237. The molecule has 0 spiro atoms. The lowest BCUT2D eigenvalue weighted by molar-refractivity contribution is -0.122. The smallest absolute Gasteiger partial charge is 0.266 e. The van der Waals surface area contributed by atoms with Gasteiger partial charge in [-0.25, -0.2) is 9.38 Å². The topological polar surface area (TPSA) is 41.9 Å². The van der Waals surface area contributed by atoms with Crippen molar-refractivity contribution in [2.75, 3.05) is 6.54 Å². The van der Waals surface area contributed by atoms with Crippen LogP contribution in [-0.2, 0) is 11.4 Å². The van der Waals surface area contributed by atoms with Crippen molar-refractivity contribution in [3.05, 3.63) is 97.7 Å². The highest BCUT2D eigenvalue weighted by atomic mass is 127. The van der Waals surface area contributed by atoms with Gasteiger partial charge >= 0.3 is 0 Å². The third-order valence-corrected chi connectivity index (χ3v) is 6.84. The van der Waals surface area contributed by atoms with Crippen molar-refractivity contribution in [3.63, 3.8) is 0 Å². The molecule has 1 aliphatic heterocycles. The van der Waals surface area contributed by atoms with Gasteiger partial charge in [0.1, 0.15) is 18.2 Å². The van der Waals surface area contributed by atoms with Gasteiger partial charge in [0.05, 0.1) is 14.2 Å². The fourth-order valence-electron chi connectivity index (χ4n) is 3.33. The number of thioether (sulfide) groups is 1. The lowest BCUT2D eigenvalue weighted by Crippen LogP contribution is -2.28. The van der Waals surface area contributed by atoms with Gasteiger partial charge < -0.3 is 4.74 Å². The number of hydrogen-bond acceptors (Lipinski definition) is 4. The van der Waals surface area contributed by atoms with E-state index in [1.807, 2.05) is 43.3 Å². The molecule has 7 heteroatoms. The molecular formula is C26H22FIN2O2S. The molecule has 1 saturated heterocycles. The summed E-state index contributed by atoms with van der Waals surface area (Å²) in [6, 6.07) is 20.0. The van der Waals surface area contributed by atoms with E-state index in [1.165, 1.54) is 29.5 Å². The SMILES string of the molecule is CCN1C(=O)/C(=C\c2ccc(OCc3cccc(C)c3)c(I)c2)SC1=Nc1ccc(F)cc1. The summed E-state index contributed by atoms with van der Waals surface area (Å²) in [6.07, 6.45) is 1.87. The largest absolute Gasteiger partial charge is 0.488 e. The number of amidine groups is 1. The van der Waals surface area contributed by atoms with Gasteiger partial charge in [0.25, 0.3) is 5.91 Å². The Labute approximate surface area is 210 Å². The van der Waals surface area contributed by atoms with E-state index in [9.17, 15) is 9.18 Å². The van der Waals surface area contributed by atoms with E-state index in [0.29, 0.717) is 28.9 Å². The van der Waals surface area contributed by atoms with Crippen LogP contribution < -0.4 is 4.74 Å². The van der Waals surface area contributed by atoms with E-state index < -0.39 is 0 Å². The normalized spacial score (nSPS) is 16.1. The highest BCUT2D eigenvalue weighted by Crippen LogP contribution is 2.34. The minimum atomic E-state index is -0.317. The second-order valence-electron chi connectivity index (χ2n) is 7.50. The first-order valence-electron chi connectivity index (χ1n) is 10.5. The summed E-state index contributed by atoms with van der Waals surface area (Å²) in [7, 11) is 0. The molecule has 168 valence electrons. The van der Waals surface area contributed by atoms with E-state index in [1.54, 1.807) is 17.0 Å². The van der Waals surface area contributed by atoms with Crippen molar-refractivity contribution < 1.29 is 13.9 Å². The van der Waals surface area contributed by atoms with E-state index in [2.05, 4.69) is 46.6 Å². The maximum absolute atomic E-state index is 13.2. The van der Waals surface area contributed by atoms with Crippen LogP contribution in [0.2, 0.25) is 0 Å². The van der Waals surface area contributed by atoms with Crippen LogP contribution in [-0.4, -0.2) is 22.5 Å². The molecule has 4 rings (SSSR count). The zero-order chi connectivity index (χ0) is 23.4. The number of nitrogens with zero attached hydrogens (tertiary/aromatic N) is 2. The maximum Gasteiger partial charge on any atom is 0.266 e. The predicted molar refractivity (Wildman–Crippen MR) is 141 cm³/mol. The molecule has 0 N–H and O–H groups in total. The zero-order valence-electron chi connectivity index (χ0n) is 18.2. The van der Waals surface area contributed by atoms with Gasteiger partial charge in [0, 0.05) is 6.54 Å². The molecule has 3 aromatic rings. The van der Waals surface area contributed by atoms with E-state index in [0.717, 1.165) is 20.4 Å². The molecule has 4 nitrogen and oxygen atoms in total. The summed E-state index contributed by atoms with van der Waals surface area (Å²) in [5.41, 5.74) is 3.85. The summed E-state index contributed by atoms with van der Waals surface area (Å²) in [5, 5.41) is 0.591. The molecule has 0 bridgehead atoms. The van der Waals surface area contributed by atoms with Crippen LogP contribution in [0.5, 0.6) is 5.75 Å². The number of ether oxygens (including phenoxy) is 1. The van der Waals surface area contributed by atoms with Crippen LogP contribution in [0, 0.1) is 16.3 Å². The highest BCUT2D eigenvalue weighted by molar-refractivity contribution is 14.1. The third kappa shape index (κ3) is 5.83. The molecule has 33 heavy (non-hydrogen) atoms. The Kier molecular flexibility index (Phi) is 7.49. The van der Waals surface area contributed by atoms with Crippen LogP contribution in [0.15, 0.2) is 76.6 Å². The number of hydrogen-bond donors (Lipinski definition) is 0. The predicted octanol–water partition coefficient (Wildman–Crippen LogP) is 6.94. The van der Waals surface area contributed by atoms with Crippen LogP contribution in [0.1, 0.15) is 23.6 Å². The van der Waals surface area contributed by atoms with Crippen molar-refractivity contribution in [1.29, 1.82) is 0 Å². The molecular weight excluding hydrogens is 550 g/mol.